The molecule has 3 heterocycles. The zero-order chi connectivity index (χ0) is 15.1. The van der Waals surface area contributed by atoms with E-state index in [0.717, 1.165) is 15.8 Å². The van der Waals surface area contributed by atoms with Crippen molar-refractivity contribution in [3.05, 3.63) is 34.0 Å². The third-order valence-electron chi connectivity index (χ3n) is 3.41. The molecule has 7 nitrogen and oxygen atoms in total. The summed E-state index contributed by atoms with van der Waals surface area (Å²) in [6, 6.07) is 1.89. The van der Waals surface area contributed by atoms with E-state index in [1.165, 1.54) is 13.4 Å². The van der Waals surface area contributed by atoms with Gasteiger partial charge in [0.1, 0.15) is 12.1 Å². The zero-order valence-corrected chi connectivity index (χ0v) is 11.8. The van der Waals surface area contributed by atoms with E-state index in [-0.39, 0.29) is 12.1 Å². The molecular formula is C14H13N3O4. The Morgan fingerprint density at radius 2 is 2.19 bits per heavy atom. The van der Waals surface area contributed by atoms with Crippen molar-refractivity contribution in [2.45, 2.75) is 20.4 Å². The normalized spacial score (nSPS) is 11.2. The third kappa shape index (κ3) is 2.06. The summed E-state index contributed by atoms with van der Waals surface area (Å²) in [7, 11) is 1.26. The van der Waals surface area contributed by atoms with Crippen LogP contribution in [0.5, 0.6) is 0 Å². The highest BCUT2D eigenvalue weighted by Gasteiger charge is 2.16. The Kier molecular flexibility index (Phi) is 2.97. The Hall–Kier alpha value is -2.70. The van der Waals surface area contributed by atoms with Crippen molar-refractivity contribution in [2.75, 3.05) is 7.11 Å². The monoisotopic (exact) mass is 287 g/mol. The van der Waals surface area contributed by atoms with E-state index in [9.17, 15) is 9.59 Å². The molecule has 0 aliphatic rings. The van der Waals surface area contributed by atoms with E-state index in [2.05, 4.69) is 14.7 Å². The molecule has 0 aliphatic carbocycles. The highest BCUT2D eigenvalue weighted by molar-refractivity contribution is 6.00. The summed E-state index contributed by atoms with van der Waals surface area (Å²) in [6.45, 7) is 3.59. The highest BCUT2D eigenvalue weighted by Crippen LogP contribution is 2.25. The maximum absolute atomic E-state index is 12.3. The average Bonchev–Trinajstić information content (AvgIpc) is 2.81. The number of esters is 1. The molecule has 0 bridgehead atoms. The number of aromatic nitrogens is 3. The van der Waals surface area contributed by atoms with Crippen molar-refractivity contribution >= 4 is 28.2 Å². The first kappa shape index (κ1) is 13.3. The topological polar surface area (TPSA) is 87.2 Å². The van der Waals surface area contributed by atoms with E-state index in [1.807, 2.05) is 19.9 Å². The molecule has 0 amide bonds. The molecule has 0 N–H and O–H groups in total. The summed E-state index contributed by atoms with van der Waals surface area (Å²) >= 11 is 0. The van der Waals surface area contributed by atoms with Crippen LogP contribution in [0.3, 0.4) is 0 Å². The van der Waals surface area contributed by atoms with Gasteiger partial charge in [0.15, 0.2) is 0 Å². The molecular weight excluding hydrogens is 274 g/mol. The maximum atomic E-state index is 12.3. The molecule has 0 fully saturated rings. The number of nitrogens with zero attached hydrogens (tertiary/aromatic N) is 3. The number of carbonyl (C=O) groups is 1. The van der Waals surface area contributed by atoms with Crippen molar-refractivity contribution in [1.82, 2.24) is 14.5 Å². The molecule has 3 aromatic heterocycles. The van der Waals surface area contributed by atoms with E-state index in [0.29, 0.717) is 16.6 Å². The second kappa shape index (κ2) is 4.69. The first-order valence-corrected chi connectivity index (χ1v) is 6.34. The summed E-state index contributed by atoms with van der Waals surface area (Å²) in [6.07, 6.45) is 1.31. The predicted octanol–water partition coefficient (Wildman–Crippen LogP) is 1.33. The van der Waals surface area contributed by atoms with Gasteiger partial charge in [0, 0.05) is 5.69 Å². The van der Waals surface area contributed by atoms with Crippen molar-refractivity contribution in [3.63, 3.8) is 0 Å². The fourth-order valence-corrected chi connectivity index (χ4v) is 2.10. The molecule has 0 atom stereocenters. The Morgan fingerprint density at radius 1 is 1.43 bits per heavy atom. The molecule has 0 unspecified atom stereocenters. The molecule has 0 radical (unpaired) electrons. The smallest absolute Gasteiger partial charge is 0.325 e. The SMILES string of the molecule is COC(=O)Cn1cnc2c(oc3nc(C)c(C)cc32)c1=O. The highest BCUT2D eigenvalue weighted by atomic mass is 16.5. The Bertz CT molecular complexity index is 923. The number of pyridine rings is 1. The number of hydrogen-bond donors (Lipinski definition) is 0. The van der Waals surface area contributed by atoms with Gasteiger partial charge in [-0.25, -0.2) is 9.97 Å². The fourth-order valence-electron chi connectivity index (χ4n) is 2.10. The molecule has 3 rings (SSSR count). The quantitative estimate of drug-likeness (QED) is 0.661. The van der Waals surface area contributed by atoms with Crippen LogP contribution in [0.25, 0.3) is 22.2 Å². The molecule has 0 aromatic carbocycles. The van der Waals surface area contributed by atoms with Gasteiger partial charge in [-0.2, -0.15) is 0 Å². The van der Waals surface area contributed by atoms with Crippen molar-refractivity contribution in [2.24, 2.45) is 0 Å². The number of furan rings is 1. The van der Waals surface area contributed by atoms with E-state index in [4.69, 9.17) is 4.42 Å². The van der Waals surface area contributed by atoms with Gasteiger partial charge in [-0.15, -0.1) is 0 Å². The molecule has 0 spiro atoms. The third-order valence-corrected chi connectivity index (χ3v) is 3.41. The number of methoxy groups -OCH3 is 1. The molecule has 108 valence electrons. The van der Waals surface area contributed by atoms with Crippen molar-refractivity contribution < 1.29 is 13.9 Å². The first-order chi connectivity index (χ1) is 10.0. The number of hydrogen-bond acceptors (Lipinski definition) is 6. The fraction of sp³-hybridized carbons (Fsp3) is 0.286. The molecule has 0 saturated heterocycles. The van der Waals surface area contributed by atoms with Crippen LogP contribution in [0.1, 0.15) is 11.3 Å². The maximum Gasteiger partial charge on any atom is 0.325 e. The minimum atomic E-state index is -0.529. The standard InChI is InChI=1S/C14H13N3O4/c1-7-4-9-11-12(21-13(9)16-8(7)2)14(19)17(6-15-11)5-10(18)20-3/h4,6H,5H2,1-3H3. The van der Waals surface area contributed by atoms with E-state index in [1.54, 1.807) is 0 Å². The summed E-state index contributed by atoms with van der Waals surface area (Å²) in [5.74, 6) is -0.529. The summed E-state index contributed by atoms with van der Waals surface area (Å²) in [5, 5.41) is 0.690. The van der Waals surface area contributed by atoms with Crippen LogP contribution in [0.2, 0.25) is 0 Å². The summed E-state index contributed by atoms with van der Waals surface area (Å²) in [4.78, 5) is 32.1. The lowest BCUT2D eigenvalue weighted by atomic mass is 10.2. The lowest BCUT2D eigenvalue weighted by Gasteiger charge is -2.02. The van der Waals surface area contributed by atoms with Gasteiger partial charge < -0.3 is 9.15 Å². The van der Waals surface area contributed by atoms with Crippen LogP contribution in [0.15, 0.2) is 21.6 Å². The van der Waals surface area contributed by atoms with Gasteiger partial charge in [-0.05, 0) is 25.5 Å². The predicted molar refractivity (Wildman–Crippen MR) is 75.1 cm³/mol. The van der Waals surface area contributed by atoms with Crippen LogP contribution >= 0.6 is 0 Å². The van der Waals surface area contributed by atoms with Crippen molar-refractivity contribution in [1.29, 1.82) is 0 Å². The van der Waals surface area contributed by atoms with Gasteiger partial charge in [0.25, 0.3) is 5.56 Å². The zero-order valence-electron chi connectivity index (χ0n) is 11.8. The number of rotatable bonds is 2. The lowest BCUT2D eigenvalue weighted by molar-refractivity contribution is -0.141. The Labute approximate surface area is 119 Å². The van der Waals surface area contributed by atoms with Crippen LogP contribution < -0.4 is 5.56 Å². The minimum absolute atomic E-state index is 0.0916. The Morgan fingerprint density at radius 3 is 2.90 bits per heavy atom. The molecule has 3 aromatic rings. The van der Waals surface area contributed by atoms with Crippen molar-refractivity contribution in [3.8, 4) is 0 Å². The van der Waals surface area contributed by atoms with Gasteiger partial charge in [0.05, 0.1) is 18.8 Å². The second-order valence-electron chi connectivity index (χ2n) is 4.78. The van der Waals surface area contributed by atoms with Gasteiger partial charge in [0.2, 0.25) is 11.3 Å². The lowest BCUT2D eigenvalue weighted by Crippen LogP contribution is -2.24. The molecule has 0 saturated carbocycles. The largest absolute Gasteiger partial charge is 0.468 e. The van der Waals surface area contributed by atoms with Crippen LogP contribution in [0.4, 0.5) is 0 Å². The van der Waals surface area contributed by atoms with Crippen LogP contribution in [-0.4, -0.2) is 27.6 Å². The Balaban J connectivity index is 2.27. The van der Waals surface area contributed by atoms with E-state index >= 15 is 0 Å². The van der Waals surface area contributed by atoms with Gasteiger partial charge >= 0.3 is 5.97 Å². The van der Waals surface area contributed by atoms with E-state index < -0.39 is 11.5 Å². The van der Waals surface area contributed by atoms with Crippen LogP contribution in [-0.2, 0) is 16.1 Å². The average molecular weight is 287 g/mol. The van der Waals surface area contributed by atoms with Gasteiger partial charge in [-0.3, -0.25) is 14.2 Å². The van der Waals surface area contributed by atoms with Crippen LogP contribution in [0, 0.1) is 13.8 Å². The molecule has 21 heavy (non-hydrogen) atoms. The number of ether oxygens (including phenoxy) is 1. The molecule has 0 aliphatic heterocycles. The number of fused-ring (bicyclic) bond motifs is 3. The minimum Gasteiger partial charge on any atom is -0.468 e. The number of aryl methyl sites for hydroxylation is 2. The second-order valence-corrected chi connectivity index (χ2v) is 4.78. The summed E-state index contributed by atoms with van der Waals surface area (Å²) in [5.41, 5.74) is 2.30. The van der Waals surface area contributed by atoms with Gasteiger partial charge in [-0.1, -0.05) is 0 Å². The summed E-state index contributed by atoms with van der Waals surface area (Å²) < 4.78 is 11.2. The number of carbonyl (C=O) groups excluding carboxylic acids is 1. The molecule has 7 heteroatoms. The first-order valence-electron chi connectivity index (χ1n) is 6.34.